The fourth-order valence-electron chi connectivity index (χ4n) is 0.508. The zero-order valence-corrected chi connectivity index (χ0v) is 5.81. The van der Waals surface area contributed by atoms with Crippen molar-refractivity contribution in [2.45, 2.75) is 13.3 Å². The lowest BCUT2D eigenvalue weighted by molar-refractivity contribution is 0.224. The Kier molecular flexibility index (Phi) is 3.60. The van der Waals surface area contributed by atoms with E-state index >= 15 is 0 Å². The van der Waals surface area contributed by atoms with Crippen LogP contribution in [0.25, 0.3) is 0 Å². The van der Waals surface area contributed by atoms with E-state index in [1.165, 1.54) is 0 Å². The molecule has 0 aliphatic rings. The molecule has 2 nitrogen and oxygen atoms in total. The largest absolute Gasteiger partial charge is 0.498 e. The SMILES string of the molecule is C=C(N)CC(=C)OCC. The molecule has 0 saturated carbocycles. The van der Waals surface area contributed by atoms with Gasteiger partial charge < -0.3 is 10.5 Å². The van der Waals surface area contributed by atoms with Gasteiger partial charge in [-0.15, -0.1) is 0 Å². The van der Waals surface area contributed by atoms with Crippen LogP contribution in [0.1, 0.15) is 13.3 Å². The fourth-order valence-corrected chi connectivity index (χ4v) is 0.508. The molecule has 9 heavy (non-hydrogen) atoms. The molecule has 0 fully saturated rings. The summed E-state index contributed by atoms with van der Waals surface area (Å²) in [6.45, 7) is 9.69. The van der Waals surface area contributed by atoms with E-state index in [9.17, 15) is 0 Å². The van der Waals surface area contributed by atoms with Gasteiger partial charge in [0.25, 0.3) is 0 Å². The van der Waals surface area contributed by atoms with Gasteiger partial charge >= 0.3 is 0 Å². The van der Waals surface area contributed by atoms with Gasteiger partial charge in [0.2, 0.25) is 0 Å². The van der Waals surface area contributed by atoms with Crippen LogP contribution < -0.4 is 5.73 Å². The number of ether oxygens (including phenoxy) is 1. The van der Waals surface area contributed by atoms with Gasteiger partial charge in [0, 0.05) is 12.1 Å². The molecule has 0 amide bonds. The first-order valence-electron chi connectivity index (χ1n) is 2.90. The van der Waals surface area contributed by atoms with Crippen LogP contribution in [0.2, 0.25) is 0 Å². The van der Waals surface area contributed by atoms with Crippen molar-refractivity contribution >= 4 is 0 Å². The van der Waals surface area contributed by atoms with Gasteiger partial charge in [0.05, 0.1) is 12.4 Å². The Bertz CT molecular complexity index is 118. The van der Waals surface area contributed by atoms with Gasteiger partial charge in [0.1, 0.15) is 0 Å². The van der Waals surface area contributed by atoms with E-state index in [0.717, 1.165) is 0 Å². The second-order valence-electron chi connectivity index (χ2n) is 1.81. The molecule has 0 aromatic carbocycles. The number of hydrogen-bond acceptors (Lipinski definition) is 2. The van der Waals surface area contributed by atoms with Crippen LogP contribution in [-0.4, -0.2) is 6.61 Å². The predicted octanol–water partition coefficient (Wildman–Crippen LogP) is 1.40. The average Bonchev–Trinajstić information content (AvgIpc) is 1.63. The van der Waals surface area contributed by atoms with Crippen molar-refractivity contribution in [3.63, 3.8) is 0 Å². The summed E-state index contributed by atoms with van der Waals surface area (Å²) in [7, 11) is 0. The van der Waals surface area contributed by atoms with Crippen LogP contribution >= 0.6 is 0 Å². The summed E-state index contributed by atoms with van der Waals surface area (Å²) in [5.41, 5.74) is 5.88. The lowest BCUT2D eigenvalue weighted by Crippen LogP contribution is -1.98. The highest BCUT2D eigenvalue weighted by Crippen LogP contribution is 2.02. The first-order valence-corrected chi connectivity index (χ1v) is 2.90. The zero-order valence-electron chi connectivity index (χ0n) is 5.81. The third-order valence-electron chi connectivity index (χ3n) is 0.773. The maximum Gasteiger partial charge on any atom is 0.0946 e. The Balaban J connectivity index is 3.39. The van der Waals surface area contributed by atoms with Crippen molar-refractivity contribution in [1.82, 2.24) is 0 Å². The van der Waals surface area contributed by atoms with Crippen LogP contribution in [0, 0.1) is 0 Å². The van der Waals surface area contributed by atoms with Crippen LogP contribution in [0.4, 0.5) is 0 Å². The lowest BCUT2D eigenvalue weighted by Gasteiger charge is -2.04. The summed E-state index contributed by atoms with van der Waals surface area (Å²) >= 11 is 0. The van der Waals surface area contributed by atoms with Gasteiger partial charge in [-0.05, 0) is 6.92 Å². The minimum Gasteiger partial charge on any atom is -0.498 e. The molecule has 2 N–H and O–H groups in total. The van der Waals surface area contributed by atoms with Crippen molar-refractivity contribution in [2.75, 3.05) is 6.61 Å². The molecule has 0 aromatic rings. The second-order valence-corrected chi connectivity index (χ2v) is 1.81. The van der Waals surface area contributed by atoms with E-state index in [4.69, 9.17) is 10.5 Å². The third kappa shape index (κ3) is 4.94. The molecule has 2 heteroatoms. The summed E-state index contributed by atoms with van der Waals surface area (Å²) in [5.74, 6) is 0.685. The molecule has 52 valence electrons. The van der Waals surface area contributed by atoms with Crippen molar-refractivity contribution < 1.29 is 4.74 Å². The van der Waals surface area contributed by atoms with Crippen LogP contribution in [0.3, 0.4) is 0 Å². The minimum absolute atomic E-state index is 0.563. The predicted molar refractivity (Wildman–Crippen MR) is 38.7 cm³/mol. The van der Waals surface area contributed by atoms with E-state index in [0.29, 0.717) is 24.5 Å². The van der Waals surface area contributed by atoms with E-state index in [1.807, 2.05) is 6.92 Å². The fraction of sp³-hybridized carbons (Fsp3) is 0.429. The summed E-state index contributed by atoms with van der Waals surface area (Å²) in [6.07, 6.45) is 0.563. The molecule has 0 bridgehead atoms. The molecule has 0 heterocycles. The molecule has 0 radical (unpaired) electrons. The van der Waals surface area contributed by atoms with E-state index < -0.39 is 0 Å². The summed E-state index contributed by atoms with van der Waals surface area (Å²) in [6, 6.07) is 0. The summed E-state index contributed by atoms with van der Waals surface area (Å²) in [5, 5.41) is 0. The molecular weight excluding hydrogens is 114 g/mol. The summed E-state index contributed by atoms with van der Waals surface area (Å²) in [4.78, 5) is 0. The molecule has 0 rings (SSSR count). The maximum absolute atomic E-state index is 5.29. The normalized spacial score (nSPS) is 8.56. The molecule has 0 atom stereocenters. The van der Waals surface area contributed by atoms with Crippen molar-refractivity contribution in [3.8, 4) is 0 Å². The Hall–Kier alpha value is -0.920. The highest BCUT2D eigenvalue weighted by Gasteiger charge is 1.92. The second kappa shape index (κ2) is 4.01. The number of nitrogens with two attached hydrogens (primary N) is 1. The quantitative estimate of drug-likeness (QED) is 0.579. The lowest BCUT2D eigenvalue weighted by atomic mass is 10.3. The van der Waals surface area contributed by atoms with Crippen LogP contribution in [0.15, 0.2) is 24.6 Å². The number of rotatable bonds is 4. The van der Waals surface area contributed by atoms with E-state index in [2.05, 4.69) is 13.2 Å². The third-order valence-corrected chi connectivity index (χ3v) is 0.773. The maximum atomic E-state index is 5.29. The van der Waals surface area contributed by atoms with E-state index in [1.54, 1.807) is 0 Å². The molecule has 0 spiro atoms. The molecule has 0 aliphatic carbocycles. The molecule has 0 aliphatic heterocycles. The van der Waals surface area contributed by atoms with Crippen molar-refractivity contribution in [1.29, 1.82) is 0 Å². The Morgan fingerprint density at radius 2 is 2.11 bits per heavy atom. The Morgan fingerprint density at radius 1 is 1.56 bits per heavy atom. The Morgan fingerprint density at radius 3 is 2.44 bits per heavy atom. The standard InChI is InChI=1S/C7H13NO/c1-4-9-7(3)5-6(2)8/h2-5,8H2,1H3. The summed E-state index contributed by atoms with van der Waals surface area (Å²) < 4.78 is 5.02. The van der Waals surface area contributed by atoms with Gasteiger partial charge in [-0.1, -0.05) is 13.2 Å². The van der Waals surface area contributed by atoms with E-state index in [-0.39, 0.29) is 0 Å². The smallest absolute Gasteiger partial charge is 0.0946 e. The topological polar surface area (TPSA) is 35.2 Å². The molecular formula is C7H13NO. The molecule has 0 unspecified atom stereocenters. The minimum atomic E-state index is 0.563. The first-order chi connectivity index (χ1) is 4.16. The Labute approximate surface area is 56.0 Å². The van der Waals surface area contributed by atoms with Gasteiger partial charge in [-0.2, -0.15) is 0 Å². The van der Waals surface area contributed by atoms with Gasteiger partial charge in [-0.3, -0.25) is 0 Å². The van der Waals surface area contributed by atoms with Crippen LogP contribution in [-0.2, 0) is 4.74 Å². The highest BCUT2D eigenvalue weighted by molar-refractivity contribution is 4.99. The van der Waals surface area contributed by atoms with Crippen LogP contribution in [0.5, 0.6) is 0 Å². The zero-order chi connectivity index (χ0) is 7.28. The highest BCUT2D eigenvalue weighted by atomic mass is 16.5. The van der Waals surface area contributed by atoms with Gasteiger partial charge in [0.15, 0.2) is 0 Å². The average molecular weight is 127 g/mol. The first kappa shape index (κ1) is 8.08. The molecule has 0 saturated heterocycles. The monoisotopic (exact) mass is 127 g/mol. The molecule has 0 aromatic heterocycles. The van der Waals surface area contributed by atoms with Crippen molar-refractivity contribution in [3.05, 3.63) is 24.6 Å². The van der Waals surface area contributed by atoms with Crippen molar-refractivity contribution in [2.24, 2.45) is 5.73 Å². The van der Waals surface area contributed by atoms with Gasteiger partial charge in [-0.25, -0.2) is 0 Å². The number of hydrogen-bond donors (Lipinski definition) is 1.